The number of carbonyl (C=O) groups is 2. The Labute approximate surface area is 112 Å². The lowest BCUT2D eigenvalue weighted by atomic mass is 10.2. The molecule has 1 atom stereocenters. The number of hydrogen-bond acceptors (Lipinski definition) is 4. The molecule has 3 amide bonds. The fourth-order valence-corrected chi connectivity index (χ4v) is 1.86. The van der Waals surface area contributed by atoms with E-state index in [0.717, 1.165) is 12.1 Å². The van der Waals surface area contributed by atoms with Gasteiger partial charge in [-0.2, -0.15) is 0 Å². The van der Waals surface area contributed by atoms with E-state index in [1.807, 2.05) is 24.0 Å². The number of nitrogens with zero attached hydrogens (tertiary/aromatic N) is 1. The Morgan fingerprint density at radius 2 is 2.11 bits per heavy atom. The first kappa shape index (κ1) is 14.8. The Bertz CT molecular complexity index is 462. The molecule has 0 bridgehead atoms. The number of rotatable bonds is 5. The lowest BCUT2D eigenvalue weighted by Crippen LogP contribution is -2.48. The maximum absolute atomic E-state index is 11.8. The average molecular weight is 264 g/mol. The molecule has 104 valence electrons. The van der Waals surface area contributed by atoms with Gasteiger partial charge in [-0.15, -0.1) is 0 Å². The molecule has 1 rings (SSSR count). The van der Waals surface area contributed by atoms with Crippen molar-refractivity contribution in [3.8, 4) is 0 Å². The molecular formula is C13H20N4O2. The van der Waals surface area contributed by atoms with Crippen LogP contribution in [0.2, 0.25) is 0 Å². The van der Waals surface area contributed by atoms with Crippen LogP contribution < -0.4 is 21.7 Å². The van der Waals surface area contributed by atoms with Crippen LogP contribution in [0.25, 0.3) is 0 Å². The van der Waals surface area contributed by atoms with Crippen molar-refractivity contribution in [3.05, 3.63) is 24.3 Å². The molecule has 0 heterocycles. The number of benzene rings is 1. The number of nitrogen functional groups attached to an aromatic ring is 1. The molecule has 1 aromatic rings. The number of primary amides is 1. The molecule has 0 radical (unpaired) electrons. The van der Waals surface area contributed by atoms with E-state index in [1.54, 1.807) is 19.1 Å². The first-order chi connectivity index (χ1) is 8.95. The topological polar surface area (TPSA) is 101 Å². The fourth-order valence-electron chi connectivity index (χ4n) is 1.86. The molecule has 0 aliphatic heterocycles. The first-order valence-electron chi connectivity index (χ1n) is 6.18. The van der Waals surface area contributed by atoms with E-state index in [1.165, 1.54) is 0 Å². The summed E-state index contributed by atoms with van der Waals surface area (Å²) in [7, 11) is 0. The van der Waals surface area contributed by atoms with E-state index in [2.05, 4.69) is 5.32 Å². The Hall–Kier alpha value is -2.24. The van der Waals surface area contributed by atoms with Crippen LogP contribution in [0, 0.1) is 0 Å². The zero-order valence-corrected chi connectivity index (χ0v) is 11.2. The van der Waals surface area contributed by atoms with Gasteiger partial charge < -0.3 is 16.4 Å². The second-order valence-electron chi connectivity index (χ2n) is 4.32. The normalized spacial score (nSPS) is 11.7. The predicted octanol–water partition coefficient (Wildman–Crippen LogP) is 1.07. The molecule has 6 heteroatoms. The lowest BCUT2D eigenvalue weighted by Gasteiger charge is -2.30. The van der Waals surface area contributed by atoms with Crippen LogP contribution in [0.15, 0.2) is 24.3 Å². The summed E-state index contributed by atoms with van der Waals surface area (Å²) in [6.45, 7) is 4.41. The largest absolute Gasteiger partial charge is 0.399 e. The second-order valence-corrected chi connectivity index (χ2v) is 4.32. The summed E-state index contributed by atoms with van der Waals surface area (Å²) in [5.41, 5.74) is 12.2. The van der Waals surface area contributed by atoms with Crippen molar-refractivity contribution in [1.82, 2.24) is 5.32 Å². The van der Waals surface area contributed by atoms with E-state index in [9.17, 15) is 9.59 Å². The molecule has 0 aliphatic rings. The molecule has 19 heavy (non-hydrogen) atoms. The summed E-state index contributed by atoms with van der Waals surface area (Å²) in [6, 6.07) is 5.92. The molecule has 6 nitrogen and oxygen atoms in total. The Kier molecular flexibility index (Phi) is 5.17. The Balaban J connectivity index is 2.93. The van der Waals surface area contributed by atoms with Crippen molar-refractivity contribution in [2.45, 2.75) is 26.3 Å². The first-order valence-corrected chi connectivity index (χ1v) is 6.18. The third kappa shape index (κ3) is 4.17. The van der Waals surface area contributed by atoms with Crippen LogP contribution in [0.4, 0.5) is 16.2 Å². The van der Waals surface area contributed by atoms with E-state index < -0.39 is 18.0 Å². The molecular weight excluding hydrogens is 244 g/mol. The van der Waals surface area contributed by atoms with Crippen molar-refractivity contribution in [3.63, 3.8) is 0 Å². The van der Waals surface area contributed by atoms with Gasteiger partial charge in [0, 0.05) is 17.9 Å². The molecule has 0 saturated heterocycles. The van der Waals surface area contributed by atoms with Gasteiger partial charge in [0.05, 0.1) is 0 Å². The van der Waals surface area contributed by atoms with Gasteiger partial charge in [-0.1, -0.05) is 13.0 Å². The van der Waals surface area contributed by atoms with Crippen molar-refractivity contribution in [1.29, 1.82) is 0 Å². The lowest BCUT2D eigenvalue weighted by molar-refractivity contribution is -0.120. The molecule has 0 aromatic heterocycles. The minimum Gasteiger partial charge on any atom is -0.399 e. The number of anilines is 2. The van der Waals surface area contributed by atoms with E-state index in [4.69, 9.17) is 11.5 Å². The van der Waals surface area contributed by atoms with Crippen LogP contribution in [-0.4, -0.2) is 24.5 Å². The van der Waals surface area contributed by atoms with Crippen LogP contribution in [-0.2, 0) is 4.79 Å². The standard InChI is InChI=1S/C13H20N4O2/c1-3-7-17(9(2)12(18)16-13(15)19)11-6-4-5-10(14)8-11/h4-6,8-9H,3,7,14H2,1-2H3,(H3,15,16,18,19). The molecule has 1 unspecified atom stereocenters. The van der Waals surface area contributed by atoms with Crippen LogP contribution in [0.5, 0.6) is 0 Å². The van der Waals surface area contributed by atoms with Gasteiger partial charge in [0.25, 0.3) is 0 Å². The maximum atomic E-state index is 11.8. The average Bonchev–Trinajstić information content (AvgIpc) is 2.34. The van der Waals surface area contributed by atoms with Gasteiger partial charge in [-0.05, 0) is 31.5 Å². The highest BCUT2D eigenvalue weighted by Crippen LogP contribution is 2.20. The molecule has 5 N–H and O–H groups in total. The number of amides is 3. The molecule has 0 spiro atoms. The minimum atomic E-state index is -0.846. The summed E-state index contributed by atoms with van der Waals surface area (Å²) < 4.78 is 0. The number of urea groups is 1. The summed E-state index contributed by atoms with van der Waals surface area (Å²) >= 11 is 0. The third-order valence-corrected chi connectivity index (χ3v) is 2.76. The van der Waals surface area contributed by atoms with Crippen LogP contribution in [0.3, 0.4) is 0 Å². The second kappa shape index (κ2) is 6.63. The molecule has 0 saturated carbocycles. The minimum absolute atomic E-state index is 0.427. The zero-order valence-electron chi connectivity index (χ0n) is 11.2. The van der Waals surface area contributed by atoms with E-state index in [0.29, 0.717) is 12.2 Å². The Morgan fingerprint density at radius 1 is 1.42 bits per heavy atom. The zero-order chi connectivity index (χ0) is 14.4. The van der Waals surface area contributed by atoms with Crippen molar-refractivity contribution in [2.24, 2.45) is 5.73 Å². The predicted molar refractivity (Wildman–Crippen MR) is 75.7 cm³/mol. The molecule has 1 aromatic carbocycles. The highest BCUT2D eigenvalue weighted by molar-refractivity contribution is 5.97. The SMILES string of the molecule is CCCN(c1cccc(N)c1)C(C)C(=O)NC(N)=O. The fraction of sp³-hybridized carbons (Fsp3) is 0.385. The van der Waals surface area contributed by atoms with Crippen molar-refractivity contribution < 1.29 is 9.59 Å². The number of imide groups is 1. The van der Waals surface area contributed by atoms with Gasteiger partial charge in [-0.25, -0.2) is 4.79 Å². The maximum Gasteiger partial charge on any atom is 0.318 e. The summed E-state index contributed by atoms with van der Waals surface area (Å²) in [6.07, 6.45) is 0.864. The summed E-state index contributed by atoms with van der Waals surface area (Å²) in [5.74, 6) is -0.427. The highest BCUT2D eigenvalue weighted by atomic mass is 16.2. The van der Waals surface area contributed by atoms with Crippen LogP contribution >= 0.6 is 0 Å². The number of nitrogens with two attached hydrogens (primary N) is 2. The van der Waals surface area contributed by atoms with Crippen molar-refractivity contribution >= 4 is 23.3 Å². The number of nitrogens with one attached hydrogen (secondary N) is 1. The van der Waals surface area contributed by atoms with E-state index >= 15 is 0 Å². The molecule has 0 fully saturated rings. The summed E-state index contributed by atoms with van der Waals surface area (Å²) in [4.78, 5) is 24.5. The number of hydrogen-bond donors (Lipinski definition) is 3. The third-order valence-electron chi connectivity index (χ3n) is 2.76. The summed E-state index contributed by atoms with van der Waals surface area (Å²) in [5, 5.41) is 2.09. The smallest absolute Gasteiger partial charge is 0.318 e. The van der Waals surface area contributed by atoms with Gasteiger partial charge >= 0.3 is 6.03 Å². The van der Waals surface area contributed by atoms with E-state index in [-0.39, 0.29) is 0 Å². The van der Waals surface area contributed by atoms with Gasteiger partial charge in [0.2, 0.25) is 5.91 Å². The highest BCUT2D eigenvalue weighted by Gasteiger charge is 2.22. The van der Waals surface area contributed by atoms with Crippen LogP contribution in [0.1, 0.15) is 20.3 Å². The Morgan fingerprint density at radius 3 is 2.63 bits per heavy atom. The van der Waals surface area contributed by atoms with Gasteiger partial charge in [0.15, 0.2) is 0 Å². The van der Waals surface area contributed by atoms with Crippen molar-refractivity contribution in [2.75, 3.05) is 17.2 Å². The van der Waals surface area contributed by atoms with Gasteiger partial charge in [0.1, 0.15) is 6.04 Å². The molecule has 0 aliphatic carbocycles. The van der Waals surface area contributed by atoms with Gasteiger partial charge in [-0.3, -0.25) is 10.1 Å². The number of carbonyl (C=O) groups excluding carboxylic acids is 2. The monoisotopic (exact) mass is 264 g/mol. The quantitative estimate of drug-likeness (QED) is 0.692.